The van der Waals surface area contributed by atoms with E-state index < -0.39 is 0 Å². The van der Waals surface area contributed by atoms with Crippen LogP contribution in [0.25, 0.3) is 243 Å². The van der Waals surface area contributed by atoms with E-state index in [0.717, 1.165) is 22.7 Å². The first kappa shape index (κ1) is 80.5. The number of aromatic nitrogens is 6. The SMILES string of the molecule is c1ccc(-c2ccc(-n3c4ccccc4c4ccc(-c5cccc6c5c5ccccc5n6-c5cccc(-c6ccccc6)c5)cc43)cc2)cc1.c1ccc(-c2ccc(-n3c4ccccc4c4ccc(-c5cccc6c5c5ccccc5n6-c5ccccc5)cc43)cc2)cc1.c1ccc(-c2cccc(-n3c4ccccc4c4ccc(-c5cccc6c5c5ccccc5n6-c5ccccc5)cc43)c2)cc1. The summed E-state index contributed by atoms with van der Waals surface area (Å²) < 4.78 is 14.5. The Labute approximate surface area is 798 Å². The third-order valence-corrected chi connectivity index (χ3v) is 28.0. The van der Waals surface area contributed by atoms with Gasteiger partial charge in [-0.15, -0.1) is 0 Å². The minimum atomic E-state index is 1.15. The second-order valence-corrected chi connectivity index (χ2v) is 35.7. The Morgan fingerprint density at radius 2 is 0.283 bits per heavy atom. The maximum absolute atomic E-state index is 2.42. The molecular weight excluding hydrogens is 1670 g/mol. The van der Waals surface area contributed by atoms with Gasteiger partial charge >= 0.3 is 0 Å². The smallest absolute Gasteiger partial charge is 0.0547 e. The lowest BCUT2D eigenvalue weighted by Gasteiger charge is -2.12. The predicted molar refractivity (Wildman–Crippen MR) is 583 cm³/mol. The Morgan fingerprint density at radius 1 is 0.0942 bits per heavy atom. The fourth-order valence-corrected chi connectivity index (χ4v) is 21.8. The monoisotopic (exact) mass is 1760 g/mol. The van der Waals surface area contributed by atoms with Crippen molar-refractivity contribution >= 4 is 131 Å². The molecule has 0 N–H and O–H groups in total. The van der Waals surface area contributed by atoms with Crippen LogP contribution in [-0.4, -0.2) is 27.4 Å². The molecule has 0 aliphatic heterocycles. The van der Waals surface area contributed by atoms with Gasteiger partial charge in [0.15, 0.2) is 0 Å². The van der Waals surface area contributed by atoms with Crippen LogP contribution in [0, 0.1) is 0 Å². The lowest BCUT2D eigenvalue weighted by Crippen LogP contribution is -1.95. The first-order chi connectivity index (χ1) is 68.5. The number of nitrogens with zero attached hydrogens (tertiary/aromatic N) is 6. The molecule has 6 aromatic heterocycles. The highest BCUT2D eigenvalue weighted by Gasteiger charge is 2.25. The molecule has 6 heteroatoms. The van der Waals surface area contributed by atoms with E-state index in [1.54, 1.807) is 0 Å². The summed E-state index contributed by atoms with van der Waals surface area (Å²) in [5.41, 5.74) is 38.6. The molecule has 0 radical (unpaired) electrons. The Hall–Kier alpha value is -18.4. The van der Waals surface area contributed by atoms with Gasteiger partial charge in [0.05, 0.1) is 66.2 Å². The molecule has 0 atom stereocenters. The van der Waals surface area contributed by atoms with Gasteiger partial charge in [-0.3, -0.25) is 0 Å². The minimum Gasteiger partial charge on any atom is -0.309 e. The summed E-state index contributed by atoms with van der Waals surface area (Å²) in [5, 5.41) is 15.2. The van der Waals surface area contributed by atoms with Crippen LogP contribution in [0.1, 0.15) is 0 Å². The fourth-order valence-electron chi connectivity index (χ4n) is 21.8. The van der Waals surface area contributed by atoms with Gasteiger partial charge in [-0.2, -0.15) is 0 Å². The van der Waals surface area contributed by atoms with Crippen molar-refractivity contribution in [1.29, 1.82) is 0 Å². The van der Waals surface area contributed by atoms with E-state index in [1.807, 2.05) is 0 Å². The fraction of sp³-hybridized carbons (Fsp3) is 0. The van der Waals surface area contributed by atoms with Gasteiger partial charge in [0.2, 0.25) is 0 Å². The van der Waals surface area contributed by atoms with Gasteiger partial charge in [-0.1, -0.05) is 388 Å². The van der Waals surface area contributed by atoms with E-state index in [4.69, 9.17) is 0 Å². The molecule has 0 saturated carbocycles. The van der Waals surface area contributed by atoms with Crippen LogP contribution in [0.4, 0.5) is 0 Å². The second kappa shape index (κ2) is 34.0. The molecule has 0 aliphatic carbocycles. The van der Waals surface area contributed by atoms with Crippen LogP contribution >= 0.6 is 0 Å². The molecule has 0 bridgehead atoms. The van der Waals surface area contributed by atoms with Crippen LogP contribution in [0.2, 0.25) is 0 Å². The van der Waals surface area contributed by atoms with E-state index in [1.165, 1.54) is 220 Å². The molecule has 28 aromatic rings. The lowest BCUT2D eigenvalue weighted by molar-refractivity contribution is 1.18. The second-order valence-electron chi connectivity index (χ2n) is 35.7. The third-order valence-electron chi connectivity index (χ3n) is 28.0. The first-order valence-electron chi connectivity index (χ1n) is 47.4. The summed E-state index contributed by atoms with van der Waals surface area (Å²) in [6, 6.07) is 193. The molecule has 0 saturated heterocycles. The average molecular weight is 1760 g/mol. The molecule has 0 aliphatic rings. The van der Waals surface area contributed by atoms with Crippen LogP contribution in [0.3, 0.4) is 0 Å². The zero-order chi connectivity index (χ0) is 91.1. The van der Waals surface area contributed by atoms with Crippen molar-refractivity contribution < 1.29 is 0 Å². The first-order valence-corrected chi connectivity index (χ1v) is 47.4. The summed E-state index contributed by atoms with van der Waals surface area (Å²) >= 11 is 0. The van der Waals surface area contributed by atoms with Crippen molar-refractivity contribution in [2.24, 2.45) is 0 Å². The number of hydrogen-bond acceptors (Lipinski definition) is 0. The minimum absolute atomic E-state index is 1.15. The molecule has 6 nitrogen and oxygen atoms in total. The highest BCUT2D eigenvalue weighted by Crippen LogP contribution is 2.47. The molecular formula is C132H88N6. The van der Waals surface area contributed by atoms with Gasteiger partial charge in [-0.25, -0.2) is 0 Å². The number of rotatable bonds is 13. The molecule has 0 spiro atoms. The van der Waals surface area contributed by atoms with E-state index >= 15 is 0 Å². The summed E-state index contributed by atoms with van der Waals surface area (Å²) in [4.78, 5) is 0. The maximum atomic E-state index is 2.42. The van der Waals surface area contributed by atoms with Crippen LogP contribution in [-0.2, 0) is 0 Å². The van der Waals surface area contributed by atoms with Gasteiger partial charge in [-0.05, 0) is 223 Å². The van der Waals surface area contributed by atoms with Gasteiger partial charge in [0, 0.05) is 98.8 Å². The molecule has 646 valence electrons. The molecule has 0 unspecified atom stereocenters. The molecule has 0 fully saturated rings. The Bertz CT molecular complexity index is 9530. The van der Waals surface area contributed by atoms with E-state index in [2.05, 4.69) is 561 Å². The number of fused-ring (bicyclic) bond motifs is 18. The highest BCUT2D eigenvalue weighted by molar-refractivity contribution is 6.21. The lowest BCUT2D eigenvalue weighted by atomic mass is 9.98. The third kappa shape index (κ3) is 13.8. The summed E-state index contributed by atoms with van der Waals surface area (Å²) in [6.45, 7) is 0. The maximum Gasteiger partial charge on any atom is 0.0547 e. The van der Waals surface area contributed by atoms with Crippen LogP contribution < -0.4 is 0 Å². The van der Waals surface area contributed by atoms with Gasteiger partial charge < -0.3 is 27.4 Å². The molecule has 0 amide bonds. The van der Waals surface area contributed by atoms with Crippen molar-refractivity contribution in [2.45, 2.75) is 0 Å². The standard InChI is InChI=1S/C48H32N2.2C42H28N2/c1-3-13-33(14-4-1)35-25-28-38(29-26-35)49-44-22-9-7-19-41(44)42-30-27-37(32-47(42)49)40-21-12-24-46-48(40)43-20-8-10-23-45(43)50(46)39-18-11-17-36(31-39)34-15-5-2-6-16-34;1-3-13-29(14-4-1)30-15-11-18-33(27-30)44-38-22-9-7-19-35(38)36-26-25-31(28-41(36)44)34-21-12-24-40-42(34)37-20-8-10-23-39(37)43(40)32-16-5-2-6-17-32;1-3-12-29(13-4-1)30-22-25-33(26-23-30)44-38-19-9-7-16-35(38)36-27-24-31(28-41(36)44)34-18-11-21-40-42(34)37-17-8-10-20-39(37)43(40)32-14-5-2-6-15-32/h1-32H;2*1-28H. The molecule has 6 heterocycles. The Morgan fingerprint density at radius 3 is 0.594 bits per heavy atom. The molecule has 22 aromatic carbocycles. The number of hydrogen-bond donors (Lipinski definition) is 0. The van der Waals surface area contributed by atoms with Crippen molar-refractivity contribution in [3.63, 3.8) is 0 Å². The number of benzene rings is 22. The highest BCUT2D eigenvalue weighted by atomic mass is 15.0. The van der Waals surface area contributed by atoms with Crippen molar-refractivity contribution in [3.05, 3.63) is 534 Å². The normalized spacial score (nSPS) is 11.6. The summed E-state index contributed by atoms with van der Waals surface area (Å²) in [7, 11) is 0. The zero-order valence-electron chi connectivity index (χ0n) is 75.5. The largest absolute Gasteiger partial charge is 0.309 e. The summed E-state index contributed by atoms with van der Waals surface area (Å²) in [5.74, 6) is 0. The topological polar surface area (TPSA) is 29.6 Å². The molecule has 138 heavy (non-hydrogen) atoms. The van der Waals surface area contributed by atoms with Gasteiger partial charge in [0.25, 0.3) is 0 Å². The van der Waals surface area contributed by atoms with Crippen molar-refractivity contribution in [1.82, 2.24) is 27.4 Å². The van der Waals surface area contributed by atoms with Crippen LogP contribution in [0.15, 0.2) is 534 Å². The van der Waals surface area contributed by atoms with E-state index in [-0.39, 0.29) is 0 Å². The van der Waals surface area contributed by atoms with Crippen LogP contribution in [0.5, 0.6) is 0 Å². The van der Waals surface area contributed by atoms with E-state index in [9.17, 15) is 0 Å². The zero-order valence-corrected chi connectivity index (χ0v) is 75.5. The average Bonchev–Trinajstić information content (AvgIpc) is 1.57. The van der Waals surface area contributed by atoms with Crippen molar-refractivity contribution in [3.8, 4) is 112 Å². The van der Waals surface area contributed by atoms with E-state index in [0.29, 0.717) is 0 Å². The Kier molecular flexibility index (Phi) is 19.9. The van der Waals surface area contributed by atoms with Gasteiger partial charge in [0.1, 0.15) is 0 Å². The predicted octanol–water partition coefficient (Wildman–Crippen LogP) is 35.3. The molecule has 28 rings (SSSR count). The quantitative estimate of drug-likeness (QED) is 0.110. The van der Waals surface area contributed by atoms with Crippen molar-refractivity contribution in [2.75, 3.05) is 0 Å². The summed E-state index contributed by atoms with van der Waals surface area (Å²) in [6.07, 6.45) is 0. The Balaban J connectivity index is 0.000000107. The number of para-hydroxylation sites is 8.